The third-order valence-corrected chi connectivity index (χ3v) is 4.04. The molecule has 1 aromatic carbocycles. The van der Waals surface area contributed by atoms with Gasteiger partial charge in [-0.05, 0) is 24.6 Å². The standard InChI is InChI=1S/C13H15ClN2O4S/c1-8(2)13-15-12(16-20-13)7-19-10-5-4-9(3)6-11(10)21(14,17)18/h4-6,8H,7H2,1-3H3. The highest BCUT2D eigenvalue weighted by molar-refractivity contribution is 8.13. The first-order chi connectivity index (χ1) is 9.77. The summed E-state index contributed by atoms with van der Waals surface area (Å²) in [5, 5.41) is 3.77. The minimum atomic E-state index is -3.89. The SMILES string of the molecule is Cc1ccc(OCc2noc(C(C)C)n2)c(S(=O)(=O)Cl)c1. The molecule has 1 heterocycles. The number of nitrogens with zero attached hydrogens (tertiary/aromatic N) is 2. The van der Waals surface area contributed by atoms with Crippen molar-refractivity contribution in [3.63, 3.8) is 0 Å². The van der Waals surface area contributed by atoms with E-state index >= 15 is 0 Å². The predicted molar refractivity (Wildman–Crippen MR) is 76.9 cm³/mol. The monoisotopic (exact) mass is 330 g/mol. The summed E-state index contributed by atoms with van der Waals surface area (Å²) in [6.07, 6.45) is 0. The lowest BCUT2D eigenvalue weighted by Crippen LogP contribution is -2.02. The van der Waals surface area contributed by atoms with Crippen molar-refractivity contribution in [2.45, 2.75) is 38.2 Å². The predicted octanol–water partition coefficient (Wildman–Crippen LogP) is 3.01. The molecular weight excluding hydrogens is 316 g/mol. The van der Waals surface area contributed by atoms with Crippen molar-refractivity contribution < 1.29 is 17.7 Å². The van der Waals surface area contributed by atoms with Crippen molar-refractivity contribution in [3.8, 4) is 5.75 Å². The Balaban J connectivity index is 2.20. The van der Waals surface area contributed by atoms with Gasteiger partial charge in [-0.3, -0.25) is 0 Å². The molecule has 0 aliphatic carbocycles. The van der Waals surface area contributed by atoms with Crippen molar-refractivity contribution in [2.75, 3.05) is 0 Å². The largest absolute Gasteiger partial charge is 0.484 e. The average Bonchev–Trinajstić information content (AvgIpc) is 2.85. The Hall–Kier alpha value is -1.60. The summed E-state index contributed by atoms with van der Waals surface area (Å²) in [4.78, 5) is 4.08. The fraction of sp³-hybridized carbons (Fsp3) is 0.385. The third-order valence-electron chi connectivity index (χ3n) is 2.70. The van der Waals surface area contributed by atoms with Gasteiger partial charge in [0, 0.05) is 16.6 Å². The third kappa shape index (κ3) is 3.95. The number of halogens is 1. The van der Waals surface area contributed by atoms with Crippen LogP contribution in [0, 0.1) is 6.92 Å². The molecule has 0 saturated carbocycles. The summed E-state index contributed by atoms with van der Waals surface area (Å²) in [6, 6.07) is 4.73. The Morgan fingerprint density at radius 2 is 2.10 bits per heavy atom. The lowest BCUT2D eigenvalue weighted by atomic mass is 10.2. The lowest BCUT2D eigenvalue weighted by Gasteiger charge is -2.08. The van der Waals surface area contributed by atoms with Crippen molar-refractivity contribution in [1.82, 2.24) is 10.1 Å². The second-order valence-electron chi connectivity index (χ2n) is 4.88. The van der Waals surface area contributed by atoms with Gasteiger partial charge in [0.15, 0.2) is 6.61 Å². The van der Waals surface area contributed by atoms with Crippen LogP contribution in [0.4, 0.5) is 0 Å². The van der Waals surface area contributed by atoms with E-state index in [0.717, 1.165) is 5.56 Å². The van der Waals surface area contributed by atoms with E-state index in [-0.39, 0.29) is 23.2 Å². The Morgan fingerprint density at radius 1 is 1.38 bits per heavy atom. The van der Waals surface area contributed by atoms with Crippen LogP contribution in [-0.4, -0.2) is 18.6 Å². The fourth-order valence-electron chi connectivity index (χ4n) is 1.63. The first kappa shape index (κ1) is 15.8. The van der Waals surface area contributed by atoms with E-state index in [1.807, 2.05) is 13.8 Å². The summed E-state index contributed by atoms with van der Waals surface area (Å²) < 4.78 is 33.6. The molecule has 0 bridgehead atoms. The number of rotatable bonds is 5. The average molecular weight is 331 g/mol. The zero-order valence-corrected chi connectivity index (χ0v) is 13.4. The maximum atomic E-state index is 11.5. The highest BCUT2D eigenvalue weighted by atomic mass is 35.7. The van der Waals surface area contributed by atoms with Crippen LogP contribution < -0.4 is 4.74 Å². The molecule has 0 spiro atoms. The quantitative estimate of drug-likeness (QED) is 0.784. The number of aromatic nitrogens is 2. The molecule has 0 fully saturated rings. The van der Waals surface area contributed by atoms with Gasteiger partial charge in [0.05, 0.1) is 0 Å². The Morgan fingerprint density at radius 3 is 2.67 bits per heavy atom. The van der Waals surface area contributed by atoms with Crippen molar-refractivity contribution in [1.29, 1.82) is 0 Å². The van der Waals surface area contributed by atoms with Gasteiger partial charge in [-0.2, -0.15) is 4.98 Å². The Bertz CT molecular complexity index is 740. The van der Waals surface area contributed by atoms with E-state index < -0.39 is 9.05 Å². The molecule has 0 aliphatic heterocycles. The van der Waals surface area contributed by atoms with Crippen molar-refractivity contribution in [3.05, 3.63) is 35.5 Å². The van der Waals surface area contributed by atoms with Crippen molar-refractivity contribution >= 4 is 19.7 Å². The normalized spacial score (nSPS) is 11.9. The van der Waals surface area contributed by atoms with Crippen molar-refractivity contribution in [2.24, 2.45) is 0 Å². The van der Waals surface area contributed by atoms with Crippen LogP contribution >= 0.6 is 10.7 Å². The van der Waals surface area contributed by atoms with E-state index in [4.69, 9.17) is 19.9 Å². The molecule has 0 saturated heterocycles. The molecule has 6 nitrogen and oxygen atoms in total. The molecular formula is C13H15ClN2O4S. The second-order valence-corrected chi connectivity index (χ2v) is 7.41. The van der Waals surface area contributed by atoms with Gasteiger partial charge in [-0.1, -0.05) is 25.1 Å². The molecule has 0 N–H and O–H groups in total. The maximum absolute atomic E-state index is 11.5. The highest BCUT2D eigenvalue weighted by Crippen LogP contribution is 2.28. The Kier molecular flexibility index (Phi) is 4.53. The molecule has 0 radical (unpaired) electrons. The van der Waals surface area contributed by atoms with Gasteiger partial charge in [0.2, 0.25) is 11.7 Å². The molecule has 0 unspecified atom stereocenters. The Labute approximate surface area is 127 Å². The minimum absolute atomic E-state index is 0.00130. The summed E-state index contributed by atoms with van der Waals surface area (Å²) in [5.74, 6) is 1.12. The van der Waals surface area contributed by atoms with Crippen LogP contribution in [0.3, 0.4) is 0 Å². The lowest BCUT2D eigenvalue weighted by molar-refractivity contribution is 0.278. The molecule has 2 aromatic rings. The van der Waals surface area contributed by atoms with Crippen LogP contribution in [0.25, 0.3) is 0 Å². The van der Waals surface area contributed by atoms with E-state index in [1.165, 1.54) is 6.07 Å². The first-order valence-electron chi connectivity index (χ1n) is 6.28. The van der Waals surface area contributed by atoms with Crippen LogP contribution in [-0.2, 0) is 15.7 Å². The van der Waals surface area contributed by atoms with Gasteiger partial charge < -0.3 is 9.26 Å². The molecule has 0 amide bonds. The molecule has 0 aliphatic rings. The minimum Gasteiger partial charge on any atom is -0.484 e. The first-order valence-corrected chi connectivity index (χ1v) is 8.59. The van der Waals surface area contributed by atoms with E-state index in [0.29, 0.717) is 11.7 Å². The summed E-state index contributed by atoms with van der Waals surface area (Å²) in [5.41, 5.74) is 0.767. The van der Waals surface area contributed by atoms with E-state index in [1.54, 1.807) is 19.1 Å². The zero-order valence-electron chi connectivity index (χ0n) is 11.8. The van der Waals surface area contributed by atoms with Crippen LogP contribution in [0.2, 0.25) is 0 Å². The number of ether oxygens (including phenoxy) is 1. The van der Waals surface area contributed by atoms with Gasteiger partial charge in [-0.15, -0.1) is 0 Å². The smallest absolute Gasteiger partial charge is 0.264 e. The molecule has 8 heteroatoms. The number of aryl methyl sites for hydroxylation is 1. The number of hydrogen-bond donors (Lipinski definition) is 0. The maximum Gasteiger partial charge on any atom is 0.264 e. The molecule has 114 valence electrons. The van der Waals surface area contributed by atoms with Gasteiger partial charge in [-0.25, -0.2) is 8.42 Å². The molecule has 0 atom stereocenters. The molecule has 1 aromatic heterocycles. The highest BCUT2D eigenvalue weighted by Gasteiger charge is 2.18. The molecule has 2 rings (SSSR count). The summed E-state index contributed by atoms with van der Waals surface area (Å²) >= 11 is 0. The number of hydrogen-bond acceptors (Lipinski definition) is 6. The van der Waals surface area contributed by atoms with Gasteiger partial charge in [0.1, 0.15) is 10.6 Å². The molecule has 21 heavy (non-hydrogen) atoms. The van der Waals surface area contributed by atoms with Crippen LogP contribution in [0.1, 0.15) is 37.0 Å². The van der Waals surface area contributed by atoms with E-state index in [2.05, 4.69) is 10.1 Å². The zero-order chi connectivity index (χ0) is 15.6. The van der Waals surface area contributed by atoms with E-state index in [9.17, 15) is 8.42 Å². The topological polar surface area (TPSA) is 82.3 Å². The fourth-order valence-corrected chi connectivity index (χ4v) is 2.68. The second kappa shape index (κ2) is 6.03. The van der Waals surface area contributed by atoms with Gasteiger partial charge >= 0.3 is 0 Å². The summed E-state index contributed by atoms with van der Waals surface area (Å²) in [7, 11) is 1.52. The van der Waals surface area contributed by atoms with Crippen LogP contribution in [0.15, 0.2) is 27.6 Å². The number of benzene rings is 1. The van der Waals surface area contributed by atoms with Crippen LogP contribution in [0.5, 0.6) is 5.75 Å². The van der Waals surface area contributed by atoms with Gasteiger partial charge in [0.25, 0.3) is 9.05 Å². The summed E-state index contributed by atoms with van der Waals surface area (Å²) in [6.45, 7) is 5.62.